The zero-order valence-electron chi connectivity index (χ0n) is 9.39. The van der Waals surface area contributed by atoms with Crippen molar-refractivity contribution in [1.82, 2.24) is 0 Å². The van der Waals surface area contributed by atoms with E-state index in [1.165, 1.54) is 13.0 Å². The topological polar surface area (TPSA) is 35.5 Å². The molecule has 5 heteroatoms. The number of carbonyl (C=O) groups excluding carboxylic acids is 1. The third-order valence-electron chi connectivity index (χ3n) is 2.44. The van der Waals surface area contributed by atoms with Crippen LogP contribution >= 0.6 is 11.6 Å². The van der Waals surface area contributed by atoms with Crippen LogP contribution in [0.5, 0.6) is 11.5 Å². The van der Waals surface area contributed by atoms with Gasteiger partial charge in [-0.2, -0.15) is 0 Å². The van der Waals surface area contributed by atoms with Gasteiger partial charge in [-0.25, -0.2) is 4.39 Å². The molecule has 0 unspecified atom stereocenters. The molecule has 0 radical (unpaired) electrons. The Morgan fingerprint density at radius 3 is 2.88 bits per heavy atom. The molecule has 0 N–H and O–H groups in total. The summed E-state index contributed by atoms with van der Waals surface area (Å²) in [7, 11) is 0. The molecule has 0 atom stereocenters. The SMILES string of the molecule is CC(=O)Cc1cc2c(c(Cl)c1F)OCCCO2. The van der Waals surface area contributed by atoms with E-state index in [1.807, 2.05) is 0 Å². The molecule has 0 amide bonds. The normalized spacial score (nSPS) is 14.3. The maximum absolute atomic E-state index is 13.9. The molecule has 1 aromatic carbocycles. The fraction of sp³-hybridized carbons (Fsp3) is 0.417. The standard InChI is InChI=1S/C12H12ClFO3/c1-7(15)5-8-6-9-12(10(13)11(8)14)17-4-2-3-16-9/h6H,2-5H2,1H3. The maximum Gasteiger partial charge on any atom is 0.182 e. The van der Waals surface area contributed by atoms with Gasteiger partial charge < -0.3 is 9.47 Å². The van der Waals surface area contributed by atoms with Crippen LogP contribution in [-0.2, 0) is 11.2 Å². The minimum Gasteiger partial charge on any atom is -0.489 e. The van der Waals surface area contributed by atoms with Gasteiger partial charge in [0.2, 0.25) is 0 Å². The molecule has 1 heterocycles. The van der Waals surface area contributed by atoms with Crippen LogP contribution in [-0.4, -0.2) is 19.0 Å². The minimum atomic E-state index is -0.605. The Hall–Kier alpha value is -1.29. The van der Waals surface area contributed by atoms with Crippen molar-refractivity contribution < 1.29 is 18.7 Å². The van der Waals surface area contributed by atoms with Gasteiger partial charge >= 0.3 is 0 Å². The summed E-state index contributed by atoms with van der Waals surface area (Å²) in [4.78, 5) is 11.0. The van der Waals surface area contributed by atoms with E-state index in [0.717, 1.165) is 0 Å². The summed E-state index contributed by atoms with van der Waals surface area (Å²) >= 11 is 5.88. The van der Waals surface area contributed by atoms with E-state index in [1.54, 1.807) is 0 Å². The lowest BCUT2D eigenvalue weighted by molar-refractivity contribution is -0.116. The predicted molar refractivity (Wildman–Crippen MR) is 61.4 cm³/mol. The molecule has 17 heavy (non-hydrogen) atoms. The van der Waals surface area contributed by atoms with E-state index in [2.05, 4.69) is 0 Å². The number of ketones is 1. The lowest BCUT2D eigenvalue weighted by atomic mass is 10.1. The molecule has 1 aliphatic rings. The van der Waals surface area contributed by atoms with Gasteiger partial charge in [0.15, 0.2) is 11.5 Å². The molecule has 0 fully saturated rings. The molecule has 0 spiro atoms. The first-order valence-corrected chi connectivity index (χ1v) is 5.73. The highest BCUT2D eigenvalue weighted by molar-refractivity contribution is 6.32. The van der Waals surface area contributed by atoms with Gasteiger partial charge in [-0.1, -0.05) is 11.6 Å². The van der Waals surface area contributed by atoms with Crippen molar-refractivity contribution in [3.8, 4) is 11.5 Å². The van der Waals surface area contributed by atoms with Crippen molar-refractivity contribution >= 4 is 17.4 Å². The fourth-order valence-electron chi connectivity index (χ4n) is 1.69. The van der Waals surface area contributed by atoms with Crippen molar-refractivity contribution in [3.05, 3.63) is 22.5 Å². The summed E-state index contributed by atoms with van der Waals surface area (Å²) < 4.78 is 24.6. The second kappa shape index (κ2) is 4.92. The highest BCUT2D eigenvalue weighted by Crippen LogP contribution is 2.40. The molecule has 3 nitrogen and oxygen atoms in total. The van der Waals surface area contributed by atoms with Gasteiger partial charge in [-0.05, 0) is 13.0 Å². The van der Waals surface area contributed by atoms with Crippen molar-refractivity contribution in [2.45, 2.75) is 19.8 Å². The van der Waals surface area contributed by atoms with Gasteiger partial charge in [-0.3, -0.25) is 4.79 Å². The fourth-order valence-corrected chi connectivity index (χ4v) is 1.96. The summed E-state index contributed by atoms with van der Waals surface area (Å²) in [6, 6.07) is 1.49. The van der Waals surface area contributed by atoms with Gasteiger partial charge in [0.05, 0.1) is 13.2 Å². The zero-order valence-corrected chi connectivity index (χ0v) is 10.1. The lowest BCUT2D eigenvalue weighted by Gasteiger charge is -2.12. The van der Waals surface area contributed by atoms with Gasteiger partial charge in [-0.15, -0.1) is 0 Å². The summed E-state index contributed by atoms with van der Waals surface area (Å²) in [6.07, 6.45) is 0.719. The summed E-state index contributed by atoms with van der Waals surface area (Å²) in [5.41, 5.74) is 0.242. The molecule has 0 aromatic heterocycles. The van der Waals surface area contributed by atoms with E-state index < -0.39 is 5.82 Å². The molecule has 0 saturated carbocycles. The quantitative estimate of drug-likeness (QED) is 0.818. The number of ether oxygens (including phenoxy) is 2. The van der Waals surface area contributed by atoms with E-state index in [9.17, 15) is 9.18 Å². The molecule has 1 aliphatic heterocycles. The van der Waals surface area contributed by atoms with Crippen LogP contribution in [0.3, 0.4) is 0 Å². The number of hydrogen-bond acceptors (Lipinski definition) is 3. The second-order valence-electron chi connectivity index (χ2n) is 3.92. The Balaban J connectivity index is 2.47. The molecule has 2 rings (SSSR count). The number of rotatable bonds is 2. The largest absolute Gasteiger partial charge is 0.489 e. The Labute approximate surface area is 103 Å². The number of Topliss-reactive ketones (excluding diaryl/α,β-unsaturated/α-hetero) is 1. The van der Waals surface area contributed by atoms with E-state index >= 15 is 0 Å². The van der Waals surface area contributed by atoms with Crippen LogP contribution < -0.4 is 9.47 Å². The van der Waals surface area contributed by atoms with Crippen molar-refractivity contribution in [2.24, 2.45) is 0 Å². The molecular weight excluding hydrogens is 247 g/mol. The first kappa shape index (κ1) is 12.2. The number of carbonyl (C=O) groups is 1. The van der Waals surface area contributed by atoms with Crippen LogP contribution in [0.15, 0.2) is 6.07 Å². The number of halogens is 2. The minimum absolute atomic E-state index is 0.00218. The molecule has 1 aromatic rings. The maximum atomic E-state index is 13.9. The Morgan fingerprint density at radius 1 is 1.47 bits per heavy atom. The Bertz CT molecular complexity index is 460. The third-order valence-corrected chi connectivity index (χ3v) is 2.77. The second-order valence-corrected chi connectivity index (χ2v) is 4.30. The molecule has 0 saturated heterocycles. The average Bonchev–Trinajstić information content (AvgIpc) is 2.50. The monoisotopic (exact) mass is 258 g/mol. The molecule has 0 aliphatic carbocycles. The van der Waals surface area contributed by atoms with Crippen LogP contribution in [0.25, 0.3) is 0 Å². The van der Waals surface area contributed by atoms with Crippen molar-refractivity contribution in [1.29, 1.82) is 0 Å². The molecule has 92 valence electrons. The van der Waals surface area contributed by atoms with Crippen molar-refractivity contribution in [3.63, 3.8) is 0 Å². The van der Waals surface area contributed by atoms with Gasteiger partial charge in [0.25, 0.3) is 0 Å². The predicted octanol–water partition coefficient (Wildman–Crippen LogP) is 2.77. The lowest BCUT2D eigenvalue weighted by Crippen LogP contribution is -2.03. The third kappa shape index (κ3) is 2.52. The van der Waals surface area contributed by atoms with E-state index in [0.29, 0.717) is 25.4 Å². The Morgan fingerprint density at radius 2 is 2.18 bits per heavy atom. The zero-order chi connectivity index (χ0) is 12.4. The first-order chi connectivity index (χ1) is 8.09. The summed E-state index contributed by atoms with van der Waals surface area (Å²) in [6.45, 7) is 2.34. The van der Waals surface area contributed by atoms with Crippen LogP contribution in [0.2, 0.25) is 5.02 Å². The average molecular weight is 259 g/mol. The molecule has 0 bridgehead atoms. The Kier molecular flexibility index (Phi) is 3.52. The van der Waals surface area contributed by atoms with Gasteiger partial charge in [0, 0.05) is 18.4 Å². The number of fused-ring (bicyclic) bond motifs is 1. The van der Waals surface area contributed by atoms with Gasteiger partial charge in [0.1, 0.15) is 16.6 Å². The van der Waals surface area contributed by atoms with E-state index in [-0.39, 0.29) is 28.5 Å². The highest BCUT2D eigenvalue weighted by atomic mass is 35.5. The van der Waals surface area contributed by atoms with Crippen LogP contribution in [0, 0.1) is 5.82 Å². The van der Waals surface area contributed by atoms with Crippen LogP contribution in [0.1, 0.15) is 18.9 Å². The highest BCUT2D eigenvalue weighted by Gasteiger charge is 2.21. The summed E-state index contributed by atoms with van der Waals surface area (Å²) in [5, 5.41) is -0.111. The molecular formula is C12H12ClFO3. The number of benzene rings is 1. The number of hydrogen-bond donors (Lipinski definition) is 0. The summed E-state index contributed by atoms with van der Waals surface area (Å²) in [5.74, 6) is -0.0975. The van der Waals surface area contributed by atoms with Crippen LogP contribution in [0.4, 0.5) is 4.39 Å². The smallest absolute Gasteiger partial charge is 0.182 e. The first-order valence-electron chi connectivity index (χ1n) is 5.35. The van der Waals surface area contributed by atoms with E-state index in [4.69, 9.17) is 21.1 Å². The van der Waals surface area contributed by atoms with Crippen molar-refractivity contribution in [2.75, 3.05) is 13.2 Å².